The van der Waals surface area contributed by atoms with Gasteiger partial charge in [-0.25, -0.2) is 0 Å². The summed E-state index contributed by atoms with van der Waals surface area (Å²) in [4.78, 5) is 0. The molecule has 2 heterocycles. The van der Waals surface area contributed by atoms with Gasteiger partial charge in [-0.15, -0.1) is 0 Å². The van der Waals surface area contributed by atoms with Gasteiger partial charge in [-0.05, 0) is 44.0 Å². The van der Waals surface area contributed by atoms with E-state index >= 15 is 0 Å². The lowest BCUT2D eigenvalue weighted by Crippen LogP contribution is -2.49. The van der Waals surface area contributed by atoms with Crippen molar-refractivity contribution in [3.05, 3.63) is 65.7 Å². The van der Waals surface area contributed by atoms with Crippen LogP contribution in [-0.4, -0.2) is 18.7 Å². The van der Waals surface area contributed by atoms with E-state index in [0.717, 1.165) is 38.1 Å². The van der Waals surface area contributed by atoms with Gasteiger partial charge in [-0.3, -0.25) is 0 Å². The summed E-state index contributed by atoms with van der Waals surface area (Å²) < 4.78 is 6.47. The summed E-state index contributed by atoms with van der Waals surface area (Å²) in [7, 11) is 0. The minimum atomic E-state index is 0.0140. The summed E-state index contributed by atoms with van der Waals surface area (Å²) in [5, 5.41) is 3.45. The zero-order valence-corrected chi connectivity index (χ0v) is 12.2. The molecule has 2 nitrogen and oxygen atoms in total. The van der Waals surface area contributed by atoms with E-state index in [-0.39, 0.29) is 5.60 Å². The highest BCUT2D eigenvalue weighted by atomic mass is 16.5. The van der Waals surface area contributed by atoms with Crippen LogP contribution in [0.4, 0.5) is 0 Å². The molecule has 2 aromatic rings. The van der Waals surface area contributed by atoms with Gasteiger partial charge >= 0.3 is 0 Å². The van der Waals surface area contributed by atoms with E-state index in [1.807, 2.05) is 0 Å². The number of para-hydroxylation sites is 1. The average molecular weight is 279 g/mol. The van der Waals surface area contributed by atoms with Crippen LogP contribution in [0, 0.1) is 0 Å². The Kier molecular flexibility index (Phi) is 3.19. The Morgan fingerprint density at radius 1 is 0.905 bits per heavy atom. The van der Waals surface area contributed by atoms with Crippen LogP contribution in [0.3, 0.4) is 0 Å². The van der Waals surface area contributed by atoms with E-state index in [9.17, 15) is 0 Å². The minimum Gasteiger partial charge on any atom is -0.487 e. The van der Waals surface area contributed by atoms with Crippen molar-refractivity contribution in [3.8, 4) is 5.75 Å². The molecule has 1 saturated heterocycles. The number of piperidine rings is 1. The average Bonchev–Trinajstić information content (AvgIpc) is 2.56. The second kappa shape index (κ2) is 5.19. The van der Waals surface area contributed by atoms with Gasteiger partial charge in [0, 0.05) is 11.5 Å². The number of rotatable bonds is 1. The Morgan fingerprint density at radius 2 is 1.62 bits per heavy atom. The van der Waals surface area contributed by atoms with Crippen molar-refractivity contribution < 1.29 is 4.74 Å². The van der Waals surface area contributed by atoms with Crippen molar-refractivity contribution in [2.75, 3.05) is 13.1 Å². The fourth-order valence-electron chi connectivity index (χ4n) is 3.79. The Morgan fingerprint density at radius 3 is 2.43 bits per heavy atom. The maximum Gasteiger partial charge on any atom is 0.123 e. The molecule has 0 aliphatic carbocycles. The summed E-state index contributed by atoms with van der Waals surface area (Å²) in [6, 6.07) is 19.4. The molecule has 1 N–H and O–H groups in total. The van der Waals surface area contributed by atoms with Gasteiger partial charge in [0.05, 0.1) is 0 Å². The molecule has 2 aromatic carbocycles. The summed E-state index contributed by atoms with van der Waals surface area (Å²) >= 11 is 0. The highest BCUT2D eigenvalue weighted by Gasteiger charge is 2.42. The molecule has 1 atom stereocenters. The monoisotopic (exact) mass is 279 g/mol. The Balaban J connectivity index is 1.78. The van der Waals surface area contributed by atoms with Crippen molar-refractivity contribution >= 4 is 0 Å². The topological polar surface area (TPSA) is 21.3 Å². The van der Waals surface area contributed by atoms with E-state index in [0.29, 0.717) is 5.92 Å². The number of hydrogen-bond donors (Lipinski definition) is 1. The number of hydrogen-bond acceptors (Lipinski definition) is 2. The largest absolute Gasteiger partial charge is 0.487 e. The highest BCUT2D eigenvalue weighted by molar-refractivity contribution is 5.45. The van der Waals surface area contributed by atoms with Crippen LogP contribution in [0.25, 0.3) is 0 Å². The SMILES string of the molecule is c1ccc(C2CC3(CCNCC3)Oc3ccccc32)cc1. The molecule has 0 aromatic heterocycles. The van der Waals surface area contributed by atoms with E-state index < -0.39 is 0 Å². The van der Waals surface area contributed by atoms with Crippen molar-refractivity contribution in [2.24, 2.45) is 0 Å². The number of nitrogens with one attached hydrogen (secondary N) is 1. The molecular weight excluding hydrogens is 258 g/mol. The number of benzene rings is 2. The Labute approximate surface area is 126 Å². The third-order valence-electron chi connectivity index (χ3n) is 4.91. The minimum absolute atomic E-state index is 0.0140. The van der Waals surface area contributed by atoms with Gasteiger partial charge in [0.15, 0.2) is 0 Å². The summed E-state index contributed by atoms with van der Waals surface area (Å²) in [5.74, 6) is 1.54. The second-order valence-electron chi connectivity index (χ2n) is 6.24. The lowest BCUT2D eigenvalue weighted by Gasteiger charge is -2.45. The van der Waals surface area contributed by atoms with E-state index in [1.54, 1.807) is 0 Å². The molecule has 0 amide bonds. The quantitative estimate of drug-likeness (QED) is 0.859. The van der Waals surface area contributed by atoms with Crippen LogP contribution in [0.15, 0.2) is 54.6 Å². The van der Waals surface area contributed by atoms with Gasteiger partial charge < -0.3 is 10.1 Å². The van der Waals surface area contributed by atoms with Crippen LogP contribution in [0.2, 0.25) is 0 Å². The van der Waals surface area contributed by atoms with Crippen LogP contribution in [0.1, 0.15) is 36.3 Å². The van der Waals surface area contributed by atoms with Crippen LogP contribution in [0.5, 0.6) is 5.75 Å². The molecular formula is C19H21NO. The molecule has 2 aliphatic heterocycles. The normalized spacial score (nSPS) is 23.3. The molecule has 1 unspecified atom stereocenters. The molecule has 0 saturated carbocycles. The third kappa shape index (κ3) is 2.34. The molecule has 108 valence electrons. The van der Waals surface area contributed by atoms with Crippen molar-refractivity contribution in [3.63, 3.8) is 0 Å². The standard InChI is InChI=1S/C19H21NO/c1-2-6-15(7-3-1)17-14-19(10-12-20-13-11-19)21-18-9-5-4-8-16(17)18/h1-9,17,20H,10-14H2. The number of ether oxygens (including phenoxy) is 1. The number of fused-ring (bicyclic) bond motifs is 1. The second-order valence-corrected chi connectivity index (χ2v) is 6.24. The first-order valence-electron chi connectivity index (χ1n) is 7.90. The molecule has 2 heteroatoms. The van der Waals surface area contributed by atoms with Crippen LogP contribution < -0.4 is 10.1 Å². The summed E-state index contributed by atoms with van der Waals surface area (Å²) in [6.45, 7) is 2.12. The Bertz CT molecular complexity index is 616. The molecule has 1 spiro atoms. The molecule has 21 heavy (non-hydrogen) atoms. The zero-order chi connectivity index (χ0) is 14.1. The molecule has 0 radical (unpaired) electrons. The lowest BCUT2D eigenvalue weighted by atomic mass is 9.75. The van der Waals surface area contributed by atoms with Crippen LogP contribution in [-0.2, 0) is 0 Å². The first-order chi connectivity index (χ1) is 10.4. The van der Waals surface area contributed by atoms with Crippen molar-refractivity contribution in [1.82, 2.24) is 5.32 Å². The predicted octanol–water partition coefficient (Wildman–Crippen LogP) is 3.72. The smallest absolute Gasteiger partial charge is 0.123 e. The van der Waals surface area contributed by atoms with E-state index in [1.165, 1.54) is 11.1 Å². The maximum atomic E-state index is 6.47. The summed E-state index contributed by atoms with van der Waals surface area (Å²) in [6.07, 6.45) is 3.30. The third-order valence-corrected chi connectivity index (χ3v) is 4.91. The highest BCUT2D eigenvalue weighted by Crippen LogP contribution is 2.47. The fourth-order valence-corrected chi connectivity index (χ4v) is 3.79. The van der Waals surface area contributed by atoms with E-state index in [2.05, 4.69) is 59.9 Å². The molecule has 4 rings (SSSR count). The molecule has 2 aliphatic rings. The zero-order valence-electron chi connectivity index (χ0n) is 12.2. The summed E-state index contributed by atoms with van der Waals surface area (Å²) in [5.41, 5.74) is 2.76. The van der Waals surface area contributed by atoms with Gasteiger partial charge in [0.1, 0.15) is 11.4 Å². The van der Waals surface area contributed by atoms with Gasteiger partial charge in [-0.1, -0.05) is 48.5 Å². The van der Waals surface area contributed by atoms with Crippen molar-refractivity contribution in [1.29, 1.82) is 0 Å². The first-order valence-corrected chi connectivity index (χ1v) is 7.90. The van der Waals surface area contributed by atoms with Gasteiger partial charge in [-0.2, -0.15) is 0 Å². The maximum absolute atomic E-state index is 6.47. The first kappa shape index (κ1) is 12.9. The predicted molar refractivity (Wildman–Crippen MR) is 84.8 cm³/mol. The van der Waals surface area contributed by atoms with Crippen molar-refractivity contribution in [2.45, 2.75) is 30.8 Å². The fraction of sp³-hybridized carbons (Fsp3) is 0.368. The van der Waals surface area contributed by atoms with Crippen LogP contribution >= 0.6 is 0 Å². The molecule has 0 bridgehead atoms. The lowest BCUT2D eigenvalue weighted by molar-refractivity contribution is 0.0114. The molecule has 1 fully saturated rings. The van der Waals surface area contributed by atoms with Gasteiger partial charge in [0.2, 0.25) is 0 Å². The van der Waals surface area contributed by atoms with E-state index in [4.69, 9.17) is 4.74 Å². The Hall–Kier alpha value is -1.80. The van der Waals surface area contributed by atoms with Gasteiger partial charge in [0.25, 0.3) is 0 Å².